The Hall–Kier alpha value is -2.38. The fraction of sp³-hybridized carbons (Fsp3) is 0.235. The van der Waals surface area contributed by atoms with E-state index >= 15 is 0 Å². The molecular formula is C17H17FN2O. The van der Waals surface area contributed by atoms with E-state index in [1.165, 1.54) is 12.1 Å². The Morgan fingerprint density at radius 1 is 1.24 bits per heavy atom. The van der Waals surface area contributed by atoms with Crippen LogP contribution in [0.1, 0.15) is 24.1 Å². The molecule has 0 radical (unpaired) electrons. The van der Waals surface area contributed by atoms with Gasteiger partial charge in [-0.15, -0.1) is 0 Å². The van der Waals surface area contributed by atoms with Crippen LogP contribution in [0.15, 0.2) is 48.5 Å². The Kier molecular flexibility index (Phi) is 5.30. The Bertz CT molecular complexity index is 619. The maximum absolute atomic E-state index is 13.2. The van der Waals surface area contributed by atoms with Crippen molar-refractivity contribution in [2.75, 3.05) is 6.61 Å². The molecule has 0 saturated heterocycles. The number of ether oxygens (including phenoxy) is 1. The van der Waals surface area contributed by atoms with Gasteiger partial charge in [-0.05, 0) is 42.3 Å². The van der Waals surface area contributed by atoms with Crippen molar-refractivity contribution in [1.82, 2.24) is 5.32 Å². The lowest BCUT2D eigenvalue weighted by atomic mass is 10.1. The van der Waals surface area contributed by atoms with Gasteiger partial charge in [0.15, 0.2) is 6.61 Å². The molecule has 0 aliphatic carbocycles. The van der Waals surface area contributed by atoms with Gasteiger partial charge in [-0.25, -0.2) is 4.39 Å². The molecule has 0 spiro atoms. The van der Waals surface area contributed by atoms with Gasteiger partial charge in [-0.2, -0.15) is 5.26 Å². The van der Waals surface area contributed by atoms with Gasteiger partial charge in [-0.1, -0.05) is 24.3 Å². The van der Waals surface area contributed by atoms with E-state index in [0.717, 1.165) is 11.1 Å². The van der Waals surface area contributed by atoms with Crippen molar-refractivity contribution in [3.63, 3.8) is 0 Å². The van der Waals surface area contributed by atoms with E-state index in [0.29, 0.717) is 12.3 Å². The quantitative estimate of drug-likeness (QED) is 0.882. The van der Waals surface area contributed by atoms with Crippen LogP contribution in [-0.4, -0.2) is 6.61 Å². The minimum Gasteiger partial charge on any atom is -0.479 e. The topological polar surface area (TPSA) is 45.0 Å². The third-order valence-electron chi connectivity index (χ3n) is 3.19. The summed E-state index contributed by atoms with van der Waals surface area (Å²) in [6, 6.07) is 16.1. The second kappa shape index (κ2) is 7.41. The van der Waals surface area contributed by atoms with Gasteiger partial charge in [0, 0.05) is 12.6 Å². The van der Waals surface area contributed by atoms with E-state index in [1.807, 2.05) is 43.3 Å². The molecule has 0 aliphatic rings. The molecule has 3 nitrogen and oxygen atoms in total. The average molecular weight is 284 g/mol. The first-order valence-corrected chi connectivity index (χ1v) is 6.76. The molecule has 0 aromatic heterocycles. The van der Waals surface area contributed by atoms with Gasteiger partial charge in [0.05, 0.1) is 0 Å². The van der Waals surface area contributed by atoms with Crippen LogP contribution in [0, 0.1) is 17.1 Å². The molecule has 2 aromatic carbocycles. The lowest BCUT2D eigenvalue weighted by Crippen LogP contribution is -2.18. The molecule has 0 unspecified atom stereocenters. The van der Waals surface area contributed by atoms with Crippen molar-refractivity contribution in [2.45, 2.75) is 19.5 Å². The predicted molar refractivity (Wildman–Crippen MR) is 79.2 cm³/mol. The summed E-state index contributed by atoms with van der Waals surface area (Å²) < 4.78 is 18.4. The van der Waals surface area contributed by atoms with Crippen LogP contribution >= 0.6 is 0 Å². The molecule has 0 aliphatic heterocycles. The minimum atomic E-state index is -0.222. The highest BCUT2D eigenvalue weighted by atomic mass is 19.1. The average Bonchev–Trinajstić information content (AvgIpc) is 2.51. The van der Waals surface area contributed by atoms with Crippen LogP contribution in [0.25, 0.3) is 0 Å². The molecule has 0 fully saturated rings. The molecule has 0 bridgehead atoms. The van der Waals surface area contributed by atoms with Crippen molar-refractivity contribution >= 4 is 0 Å². The lowest BCUT2D eigenvalue weighted by Gasteiger charge is -2.14. The van der Waals surface area contributed by atoms with Crippen molar-refractivity contribution < 1.29 is 9.13 Å². The summed E-state index contributed by atoms with van der Waals surface area (Å²) in [5, 5.41) is 11.8. The summed E-state index contributed by atoms with van der Waals surface area (Å²) >= 11 is 0. The first-order valence-electron chi connectivity index (χ1n) is 6.76. The Morgan fingerprint density at radius 2 is 2.00 bits per heavy atom. The molecule has 4 heteroatoms. The second-order valence-electron chi connectivity index (χ2n) is 4.75. The molecule has 2 aromatic rings. The highest BCUT2D eigenvalue weighted by Crippen LogP contribution is 2.16. The number of hydrogen-bond donors (Lipinski definition) is 1. The molecule has 21 heavy (non-hydrogen) atoms. The first kappa shape index (κ1) is 15.0. The zero-order chi connectivity index (χ0) is 15.1. The molecule has 0 saturated carbocycles. The van der Waals surface area contributed by atoms with E-state index in [9.17, 15) is 4.39 Å². The van der Waals surface area contributed by atoms with Crippen molar-refractivity contribution in [2.24, 2.45) is 0 Å². The van der Waals surface area contributed by atoms with E-state index in [4.69, 9.17) is 10.00 Å². The fourth-order valence-corrected chi connectivity index (χ4v) is 1.98. The highest BCUT2D eigenvalue weighted by molar-refractivity contribution is 5.27. The molecule has 0 heterocycles. The summed E-state index contributed by atoms with van der Waals surface area (Å²) in [6.07, 6.45) is 0. The van der Waals surface area contributed by atoms with Crippen LogP contribution in [0.2, 0.25) is 0 Å². The van der Waals surface area contributed by atoms with Crippen LogP contribution in [0.4, 0.5) is 4.39 Å². The number of hydrogen-bond acceptors (Lipinski definition) is 3. The van der Waals surface area contributed by atoms with Crippen LogP contribution in [-0.2, 0) is 6.54 Å². The van der Waals surface area contributed by atoms with Gasteiger partial charge in [0.2, 0.25) is 0 Å². The minimum absolute atomic E-state index is 0.0498. The zero-order valence-corrected chi connectivity index (χ0v) is 11.8. The number of rotatable bonds is 6. The summed E-state index contributed by atoms with van der Waals surface area (Å²) in [5.74, 6) is 0.457. The third-order valence-corrected chi connectivity index (χ3v) is 3.19. The monoisotopic (exact) mass is 284 g/mol. The van der Waals surface area contributed by atoms with Gasteiger partial charge in [0.1, 0.15) is 17.6 Å². The first-order chi connectivity index (χ1) is 10.2. The summed E-state index contributed by atoms with van der Waals surface area (Å²) in [5.41, 5.74) is 2.02. The largest absolute Gasteiger partial charge is 0.479 e. The van der Waals surface area contributed by atoms with Crippen molar-refractivity contribution in [3.05, 3.63) is 65.5 Å². The maximum Gasteiger partial charge on any atom is 0.174 e. The maximum atomic E-state index is 13.2. The molecule has 1 N–H and O–H groups in total. The summed E-state index contributed by atoms with van der Waals surface area (Å²) in [7, 11) is 0. The number of benzene rings is 2. The highest BCUT2D eigenvalue weighted by Gasteiger charge is 2.05. The number of nitrogens with one attached hydrogen (secondary N) is 1. The fourth-order valence-electron chi connectivity index (χ4n) is 1.98. The lowest BCUT2D eigenvalue weighted by molar-refractivity contribution is 0.368. The Balaban J connectivity index is 1.89. The third kappa shape index (κ3) is 4.59. The van der Waals surface area contributed by atoms with E-state index in [1.54, 1.807) is 6.07 Å². The molecule has 2 rings (SSSR count). The van der Waals surface area contributed by atoms with Gasteiger partial charge < -0.3 is 10.1 Å². The summed E-state index contributed by atoms with van der Waals surface area (Å²) in [6.45, 7) is 2.73. The molecular weight excluding hydrogens is 267 g/mol. The zero-order valence-electron chi connectivity index (χ0n) is 11.8. The van der Waals surface area contributed by atoms with Crippen molar-refractivity contribution in [3.8, 4) is 11.8 Å². The smallest absolute Gasteiger partial charge is 0.174 e. The van der Waals surface area contributed by atoms with E-state index < -0.39 is 0 Å². The number of nitriles is 1. The second-order valence-corrected chi connectivity index (χ2v) is 4.75. The predicted octanol–water partition coefficient (Wildman–Crippen LogP) is 3.58. The van der Waals surface area contributed by atoms with Crippen molar-refractivity contribution in [1.29, 1.82) is 5.26 Å². The Morgan fingerprint density at radius 3 is 2.67 bits per heavy atom. The SMILES string of the molecule is C[C@@H](NCc1ccc(OCC#N)cc1)c1cccc(F)c1. The summed E-state index contributed by atoms with van der Waals surface area (Å²) in [4.78, 5) is 0. The number of halogens is 1. The normalized spacial score (nSPS) is 11.7. The standard InChI is InChI=1S/C17H17FN2O/c1-13(15-3-2-4-16(18)11-15)20-12-14-5-7-17(8-6-14)21-10-9-19/h2-8,11,13,20H,10,12H2,1H3/t13-/m1/s1. The number of nitrogens with zero attached hydrogens (tertiary/aromatic N) is 1. The van der Waals surface area contributed by atoms with Crippen LogP contribution in [0.3, 0.4) is 0 Å². The van der Waals surface area contributed by atoms with Crippen LogP contribution in [0.5, 0.6) is 5.75 Å². The Labute approximate surface area is 124 Å². The van der Waals surface area contributed by atoms with E-state index in [2.05, 4.69) is 5.32 Å². The van der Waals surface area contributed by atoms with Gasteiger partial charge in [-0.3, -0.25) is 0 Å². The van der Waals surface area contributed by atoms with Gasteiger partial charge >= 0.3 is 0 Å². The molecule has 108 valence electrons. The molecule has 0 amide bonds. The van der Waals surface area contributed by atoms with Crippen LogP contribution < -0.4 is 10.1 Å². The molecule has 1 atom stereocenters. The van der Waals surface area contributed by atoms with E-state index in [-0.39, 0.29) is 18.5 Å². The van der Waals surface area contributed by atoms with Gasteiger partial charge in [0.25, 0.3) is 0 Å².